The van der Waals surface area contributed by atoms with Gasteiger partial charge in [0.25, 0.3) is 11.0 Å². The Morgan fingerprint density at radius 3 is 1.67 bits per heavy atom. The summed E-state index contributed by atoms with van der Waals surface area (Å²) in [6.07, 6.45) is 0. The Morgan fingerprint density at radius 1 is 1.50 bits per heavy atom. The number of hydrogen-bond acceptors (Lipinski definition) is 3. The normalized spacial score (nSPS) is 7.67. The molecule has 0 aromatic carbocycles. The molecular formula is CH4AgO3S. The maximum atomic E-state index is 9.18. The summed E-state index contributed by atoms with van der Waals surface area (Å²) >= 11 is 0. The molecule has 0 aromatic rings. The molecule has 0 bridgehead atoms. The summed E-state index contributed by atoms with van der Waals surface area (Å²) in [6, 6.07) is 0. The average molecular weight is 204 g/mol. The Hall–Kier alpha value is 0.650. The fourth-order valence-electron chi connectivity index (χ4n) is 0. The Labute approximate surface area is 53.4 Å². The molecule has 0 aliphatic carbocycles. The predicted molar refractivity (Wildman–Crippen MR) is 17.3 cm³/mol. The van der Waals surface area contributed by atoms with E-state index in [0.29, 0.717) is 0 Å². The molecule has 1 radical (unpaired) electrons. The molecule has 3 nitrogen and oxygen atoms in total. The molecule has 43 valence electrons. The standard InChI is InChI=1S/CH4O3S.Ag/c1-4-5(2)3;/h5H,1H3;. The van der Waals surface area contributed by atoms with Gasteiger partial charge in [-0.1, -0.05) is 0 Å². The molecule has 0 aliphatic rings. The van der Waals surface area contributed by atoms with Gasteiger partial charge in [0.05, 0.1) is 7.11 Å². The second-order valence-electron chi connectivity index (χ2n) is 0.406. The summed E-state index contributed by atoms with van der Waals surface area (Å²) in [7, 11) is -1.50. The predicted octanol–water partition coefficient (Wildman–Crippen LogP) is -0.843. The maximum absolute atomic E-state index is 9.18. The summed E-state index contributed by atoms with van der Waals surface area (Å²) in [5, 5.41) is 0. The van der Waals surface area contributed by atoms with Crippen molar-refractivity contribution in [2.75, 3.05) is 7.11 Å². The molecule has 0 atom stereocenters. The van der Waals surface area contributed by atoms with Gasteiger partial charge in [0.15, 0.2) is 0 Å². The zero-order chi connectivity index (χ0) is 4.28. The summed E-state index contributed by atoms with van der Waals surface area (Å²) in [6.45, 7) is 0. The van der Waals surface area contributed by atoms with Gasteiger partial charge in [-0.05, 0) is 0 Å². The van der Waals surface area contributed by atoms with E-state index in [9.17, 15) is 8.42 Å². The molecule has 0 aromatic heterocycles. The van der Waals surface area contributed by atoms with E-state index in [1.54, 1.807) is 0 Å². The van der Waals surface area contributed by atoms with E-state index >= 15 is 0 Å². The van der Waals surface area contributed by atoms with E-state index in [1.165, 1.54) is 0 Å². The minimum absolute atomic E-state index is 0. The average Bonchev–Trinajstić information content (AvgIpc) is 1.38. The second kappa shape index (κ2) is 5.65. The Balaban J connectivity index is 0. The quantitative estimate of drug-likeness (QED) is 0.447. The van der Waals surface area contributed by atoms with Crippen molar-refractivity contribution < 1.29 is 35.0 Å². The number of hydrogen-bond donors (Lipinski definition) is 1. The SMILES string of the molecule is CO[SH](=O)=O.[Ag]. The summed E-state index contributed by atoms with van der Waals surface area (Å²) in [5.41, 5.74) is 0. The first-order chi connectivity index (χ1) is 2.27. The van der Waals surface area contributed by atoms with Crippen LogP contribution >= 0.6 is 0 Å². The third kappa shape index (κ3) is 8.82. The van der Waals surface area contributed by atoms with Crippen molar-refractivity contribution >= 4 is 11.0 Å². The van der Waals surface area contributed by atoms with Crippen LogP contribution in [0.1, 0.15) is 0 Å². The smallest absolute Gasteiger partial charge is 0.256 e. The molecule has 0 saturated heterocycles. The van der Waals surface area contributed by atoms with E-state index in [1.807, 2.05) is 0 Å². The summed E-state index contributed by atoms with van der Waals surface area (Å²) < 4.78 is 22.1. The van der Waals surface area contributed by atoms with Gasteiger partial charge in [-0.3, -0.25) is 4.18 Å². The van der Waals surface area contributed by atoms with Crippen molar-refractivity contribution in [1.82, 2.24) is 0 Å². The van der Waals surface area contributed by atoms with Crippen molar-refractivity contribution in [3.8, 4) is 0 Å². The Morgan fingerprint density at radius 2 is 1.67 bits per heavy atom. The molecule has 0 unspecified atom stereocenters. The summed E-state index contributed by atoms with van der Waals surface area (Å²) in [5.74, 6) is 0. The molecule has 0 N–H and O–H groups in total. The fraction of sp³-hybridized carbons (Fsp3) is 1.00. The molecule has 0 amide bonds. The third-order valence-electron chi connectivity index (χ3n) is 0.149. The van der Waals surface area contributed by atoms with Crippen molar-refractivity contribution in [1.29, 1.82) is 0 Å². The monoisotopic (exact) mass is 203 g/mol. The van der Waals surface area contributed by atoms with Gasteiger partial charge in [-0.2, -0.15) is 0 Å². The van der Waals surface area contributed by atoms with Crippen LogP contribution in [0.15, 0.2) is 0 Å². The van der Waals surface area contributed by atoms with Gasteiger partial charge in [-0.25, -0.2) is 8.42 Å². The van der Waals surface area contributed by atoms with Crippen LogP contribution in [0.3, 0.4) is 0 Å². The van der Waals surface area contributed by atoms with Gasteiger partial charge >= 0.3 is 0 Å². The molecule has 5 heteroatoms. The zero-order valence-corrected chi connectivity index (χ0v) is 5.35. The van der Waals surface area contributed by atoms with Crippen LogP contribution in [0, 0.1) is 0 Å². The first-order valence-corrected chi connectivity index (χ1v) is 2.05. The van der Waals surface area contributed by atoms with Crippen LogP contribution in [-0.4, -0.2) is 15.5 Å². The van der Waals surface area contributed by atoms with Crippen molar-refractivity contribution in [2.24, 2.45) is 0 Å². The van der Waals surface area contributed by atoms with Crippen LogP contribution in [-0.2, 0) is 37.5 Å². The van der Waals surface area contributed by atoms with Gasteiger partial charge in [0.1, 0.15) is 0 Å². The van der Waals surface area contributed by atoms with E-state index in [4.69, 9.17) is 0 Å². The first-order valence-electron chi connectivity index (χ1n) is 0.956. The molecule has 0 rings (SSSR count). The first kappa shape index (κ1) is 9.82. The fourth-order valence-corrected chi connectivity index (χ4v) is 0. The van der Waals surface area contributed by atoms with E-state index < -0.39 is 11.0 Å². The molecule has 0 spiro atoms. The van der Waals surface area contributed by atoms with E-state index in [0.717, 1.165) is 7.11 Å². The Kier molecular flexibility index (Phi) is 9.25. The van der Waals surface area contributed by atoms with Gasteiger partial charge in [0.2, 0.25) is 0 Å². The van der Waals surface area contributed by atoms with E-state index in [2.05, 4.69) is 4.18 Å². The minimum Gasteiger partial charge on any atom is -0.276 e. The maximum Gasteiger partial charge on any atom is 0.256 e. The van der Waals surface area contributed by atoms with Crippen LogP contribution < -0.4 is 0 Å². The number of rotatable bonds is 1. The second-order valence-corrected chi connectivity index (χ2v) is 1.22. The number of thiol groups is 1. The molecule has 0 saturated carbocycles. The van der Waals surface area contributed by atoms with Crippen LogP contribution in [0.4, 0.5) is 0 Å². The third-order valence-corrected chi connectivity index (χ3v) is 0.447. The van der Waals surface area contributed by atoms with Crippen LogP contribution in [0.5, 0.6) is 0 Å². The van der Waals surface area contributed by atoms with Crippen LogP contribution in [0.2, 0.25) is 0 Å². The van der Waals surface area contributed by atoms with Crippen molar-refractivity contribution in [2.45, 2.75) is 0 Å². The molecular weight excluding hydrogens is 200 g/mol. The molecule has 0 aliphatic heterocycles. The van der Waals surface area contributed by atoms with Gasteiger partial charge in [-0.15, -0.1) is 0 Å². The Bertz CT molecular complexity index is 68.9. The molecule has 0 heterocycles. The zero-order valence-electron chi connectivity index (χ0n) is 2.97. The largest absolute Gasteiger partial charge is 0.276 e. The van der Waals surface area contributed by atoms with Crippen molar-refractivity contribution in [3.05, 3.63) is 0 Å². The molecule has 6 heavy (non-hydrogen) atoms. The summed E-state index contributed by atoms with van der Waals surface area (Å²) in [4.78, 5) is 0. The van der Waals surface area contributed by atoms with Crippen molar-refractivity contribution in [3.63, 3.8) is 0 Å². The minimum atomic E-state index is -2.60. The van der Waals surface area contributed by atoms with Crippen LogP contribution in [0.25, 0.3) is 0 Å². The topological polar surface area (TPSA) is 43.4 Å². The van der Waals surface area contributed by atoms with Gasteiger partial charge in [0, 0.05) is 22.4 Å². The molecule has 0 fully saturated rings. The van der Waals surface area contributed by atoms with Gasteiger partial charge < -0.3 is 0 Å². The van der Waals surface area contributed by atoms with E-state index in [-0.39, 0.29) is 22.4 Å².